The fraction of sp³-hybridized carbons (Fsp3) is 0.350. The molecule has 25 heavy (non-hydrogen) atoms. The van der Waals surface area contributed by atoms with Crippen LogP contribution in [0.3, 0.4) is 0 Å². The van der Waals surface area contributed by atoms with Gasteiger partial charge in [0, 0.05) is 33.2 Å². The Balaban J connectivity index is 0.00000312. The Bertz CT molecular complexity index is 605. The van der Waals surface area contributed by atoms with E-state index < -0.39 is 0 Å². The van der Waals surface area contributed by atoms with Crippen LogP contribution >= 0.6 is 24.0 Å². The molecular formula is C20H28IN3O. The molecule has 0 spiro atoms. The smallest absolute Gasteiger partial charge is 0.191 e. The maximum absolute atomic E-state index is 5.07. The average molecular weight is 453 g/mol. The second kappa shape index (κ2) is 12.7. The first-order valence-corrected chi connectivity index (χ1v) is 8.35. The molecule has 0 bridgehead atoms. The van der Waals surface area contributed by atoms with E-state index in [4.69, 9.17) is 4.74 Å². The van der Waals surface area contributed by atoms with Gasteiger partial charge in [-0.05, 0) is 17.5 Å². The predicted molar refractivity (Wildman–Crippen MR) is 116 cm³/mol. The zero-order valence-electron chi connectivity index (χ0n) is 14.9. The fourth-order valence-electron chi connectivity index (χ4n) is 2.64. The Morgan fingerprint density at radius 1 is 1.00 bits per heavy atom. The van der Waals surface area contributed by atoms with Crippen LogP contribution in [0.2, 0.25) is 0 Å². The van der Waals surface area contributed by atoms with Crippen LogP contribution in [0.4, 0.5) is 0 Å². The standard InChI is InChI=1S/C20H27N3O.HI/c1-21-20(22-13-14-24-2)23-16-19(18-11-7-4-8-12-18)15-17-9-5-3-6-10-17;/h3-12,19H,13-16H2,1-2H3,(H2,21,22,23);1H. The third-order valence-electron chi connectivity index (χ3n) is 3.93. The number of guanidine groups is 1. The number of aliphatic imine (C=N–C) groups is 1. The van der Waals surface area contributed by atoms with Gasteiger partial charge in [0.05, 0.1) is 6.61 Å². The van der Waals surface area contributed by atoms with Crippen LogP contribution < -0.4 is 10.6 Å². The minimum absolute atomic E-state index is 0. The summed E-state index contributed by atoms with van der Waals surface area (Å²) in [4.78, 5) is 4.27. The molecule has 136 valence electrons. The normalized spacial score (nSPS) is 12.2. The summed E-state index contributed by atoms with van der Waals surface area (Å²) < 4.78 is 5.07. The van der Waals surface area contributed by atoms with E-state index in [1.807, 2.05) is 0 Å². The highest BCUT2D eigenvalue weighted by Crippen LogP contribution is 2.20. The first kappa shape index (κ1) is 21.4. The lowest BCUT2D eigenvalue weighted by Gasteiger charge is -2.20. The van der Waals surface area contributed by atoms with Gasteiger partial charge in [0.2, 0.25) is 0 Å². The van der Waals surface area contributed by atoms with Gasteiger partial charge in [-0.2, -0.15) is 0 Å². The van der Waals surface area contributed by atoms with E-state index in [9.17, 15) is 0 Å². The fourth-order valence-corrected chi connectivity index (χ4v) is 2.64. The Morgan fingerprint density at radius 3 is 2.24 bits per heavy atom. The number of hydrogen-bond donors (Lipinski definition) is 2. The van der Waals surface area contributed by atoms with Gasteiger partial charge in [0.1, 0.15) is 0 Å². The summed E-state index contributed by atoms with van der Waals surface area (Å²) in [6.45, 7) is 2.23. The third kappa shape index (κ3) is 7.88. The Labute approximate surface area is 168 Å². The monoisotopic (exact) mass is 453 g/mol. The van der Waals surface area contributed by atoms with Crippen LogP contribution in [0, 0.1) is 0 Å². The lowest BCUT2D eigenvalue weighted by atomic mass is 9.92. The number of nitrogens with one attached hydrogen (secondary N) is 2. The molecule has 0 saturated heterocycles. The van der Waals surface area contributed by atoms with E-state index >= 15 is 0 Å². The van der Waals surface area contributed by atoms with Crippen molar-refractivity contribution < 1.29 is 4.74 Å². The van der Waals surface area contributed by atoms with E-state index in [-0.39, 0.29) is 24.0 Å². The summed E-state index contributed by atoms with van der Waals surface area (Å²) in [5.74, 6) is 1.19. The molecule has 1 atom stereocenters. The van der Waals surface area contributed by atoms with Crippen LogP contribution in [0.1, 0.15) is 17.0 Å². The molecule has 5 heteroatoms. The maximum Gasteiger partial charge on any atom is 0.191 e. The molecular weight excluding hydrogens is 425 g/mol. The largest absolute Gasteiger partial charge is 0.383 e. The van der Waals surface area contributed by atoms with Gasteiger partial charge in [0.15, 0.2) is 5.96 Å². The van der Waals surface area contributed by atoms with E-state index in [2.05, 4.69) is 76.3 Å². The first-order chi connectivity index (χ1) is 11.8. The predicted octanol–water partition coefficient (Wildman–Crippen LogP) is 3.44. The van der Waals surface area contributed by atoms with Crippen molar-refractivity contribution in [2.45, 2.75) is 12.3 Å². The lowest BCUT2D eigenvalue weighted by molar-refractivity contribution is 0.203. The molecule has 0 heterocycles. The van der Waals surface area contributed by atoms with Gasteiger partial charge < -0.3 is 15.4 Å². The molecule has 2 rings (SSSR count). The zero-order chi connectivity index (χ0) is 17.0. The van der Waals surface area contributed by atoms with Gasteiger partial charge in [-0.1, -0.05) is 60.7 Å². The number of halogens is 1. The number of benzene rings is 2. The summed E-state index contributed by atoms with van der Waals surface area (Å²) in [6.07, 6.45) is 0.993. The quantitative estimate of drug-likeness (QED) is 0.279. The second-order valence-corrected chi connectivity index (χ2v) is 5.67. The van der Waals surface area contributed by atoms with Crippen molar-refractivity contribution in [3.05, 3.63) is 71.8 Å². The molecule has 0 radical (unpaired) electrons. The molecule has 1 unspecified atom stereocenters. The second-order valence-electron chi connectivity index (χ2n) is 5.67. The van der Waals surface area contributed by atoms with Crippen LogP contribution in [0.5, 0.6) is 0 Å². The van der Waals surface area contributed by atoms with Crippen molar-refractivity contribution in [1.82, 2.24) is 10.6 Å². The molecule has 2 aromatic carbocycles. The Morgan fingerprint density at radius 2 is 1.64 bits per heavy atom. The van der Waals surface area contributed by atoms with Gasteiger partial charge in [-0.3, -0.25) is 4.99 Å². The van der Waals surface area contributed by atoms with Crippen molar-refractivity contribution in [2.75, 3.05) is 33.9 Å². The van der Waals surface area contributed by atoms with E-state index in [0.29, 0.717) is 12.5 Å². The number of methoxy groups -OCH3 is 1. The summed E-state index contributed by atoms with van der Waals surface area (Å²) in [6, 6.07) is 21.2. The Hall–Kier alpha value is -1.60. The SMILES string of the molecule is CN=C(NCCOC)NCC(Cc1ccccc1)c1ccccc1.I. The number of nitrogens with zero attached hydrogens (tertiary/aromatic N) is 1. The highest BCUT2D eigenvalue weighted by molar-refractivity contribution is 14.0. The van der Waals surface area contributed by atoms with E-state index in [1.54, 1.807) is 14.2 Å². The van der Waals surface area contributed by atoms with Crippen molar-refractivity contribution in [3.63, 3.8) is 0 Å². The summed E-state index contributed by atoms with van der Waals surface area (Å²) in [5.41, 5.74) is 2.68. The van der Waals surface area contributed by atoms with Crippen LogP contribution in [-0.2, 0) is 11.2 Å². The van der Waals surface area contributed by atoms with Crippen LogP contribution in [-0.4, -0.2) is 39.8 Å². The summed E-state index contributed by atoms with van der Waals surface area (Å²) >= 11 is 0. The molecule has 0 saturated carbocycles. The molecule has 0 aromatic heterocycles. The van der Waals surface area contributed by atoms with Crippen molar-refractivity contribution in [2.24, 2.45) is 4.99 Å². The molecule has 2 N–H and O–H groups in total. The summed E-state index contributed by atoms with van der Waals surface area (Å²) in [7, 11) is 3.49. The Kier molecular flexibility index (Phi) is 10.9. The average Bonchev–Trinajstić information content (AvgIpc) is 2.65. The molecule has 0 aliphatic heterocycles. The van der Waals surface area contributed by atoms with E-state index in [0.717, 1.165) is 25.5 Å². The molecule has 0 fully saturated rings. The van der Waals surface area contributed by atoms with Crippen molar-refractivity contribution >= 4 is 29.9 Å². The third-order valence-corrected chi connectivity index (χ3v) is 3.93. The topological polar surface area (TPSA) is 45.7 Å². The number of ether oxygens (including phenoxy) is 1. The van der Waals surface area contributed by atoms with Gasteiger partial charge >= 0.3 is 0 Å². The zero-order valence-corrected chi connectivity index (χ0v) is 17.3. The molecule has 0 amide bonds. The molecule has 0 aliphatic rings. The van der Waals surface area contributed by atoms with Gasteiger partial charge in [-0.15, -0.1) is 24.0 Å². The minimum atomic E-state index is 0. The van der Waals surface area contributed by atoms with Crippen molar-refractivity contribution in [1.29, 1.82) is 0 Å². The van der Waals surface area contributed by atoms with Crippen LogP contribution in [0.25, 0.3) is 0 Å². The number of hydrogen-bond acceptors (Lipinski definition) is 2. The highest BCUT2D eigenvalue weighted by atomic mass is 127. The first-order valence-electron chi connectivity index (χ1n) is 8.35. The lowest BCUT2D eigenvalue weighted by Crippen LogP contribution is -2.41. The maximum atomic E-state index is 5.07. The number of rotatable bonds is 8. The summed E-state index contributed by atoms with van der Waals surface area (Å²) in [5, 5.41) is 6.69. The van der Waals surface area contributed by atoms with Crippen molar-refractivity contribution in [3.8, 4) is 0 Å². The minimum Gasteiger partial charge on any atom is -0.383 e. The van der Waals surface area contributed by atoms with Gasteiger partial charge in [0.25, 0.3) is 0 Å². The molecule has 4 nitrogen and oxygen atoms in total. The highest BCUT2D eigenvalue weighted by Gasteiger charge is 2.13. The molecule has 0 aliphatic carbocycles. The molecule has 2 aromatic rings. The van der Waals surface area contributed by atoms with Gasteiger partial charge in [-0.25, -0.2) is 0 Å². The van der Waals surface area contributed by atoms with E-state index in [1.165, 1.54) is 11.1 Å². The van der Waals surface area contributed by atoms with Crippen LogP contribution in [0.15, 0.2) is 65.7 Å².